The Morgan fingerprint density at radius 3 is 3.14 bits per heavy atom. The van der Waals surface area contributed by atoms with Crippen LogP contribution in [0.5, 0.6) is 0 Å². The minimum atomic E-state index is -0.214. The summed E-state index contributed by atoms with van der Waals surface area (Å²) in [4.78, 5) is 23.3. The molecule has 0 aliphatic carbocycles. The van der Waals surface area contributed by atoms with Crippen molar-refractivity contribution in [3.05, 3.63) is 52.8 Å². The summed E-state index contributed by atoms with van der Waals surface area (Å²) in [7, 11) is 0. The molecule has 0 atom stereocenters. The number of aromatic amines is 2. The highest BCUT2D eigenvalue weighted by Gasteiger charge is 2.05. The van der Waals surface area contributed by atoms with E-state index in [9.17, 15) is 4.79 Å². The smallest absolute Gasteiger partial charge is 0.263 e. The first kappa shape index (κ1) is 12.6. The Morgan fingerprint density at radius 1 is 1.27 bits per heavy atom. The lowest BCUT2D eigenvalue weighted by Crippen LogP contribution is -2.14. The third kappa shape index (κ3) is 2.20. The first-order chi connectivity index (χ1) is 10.8. The number of aromatic nitrogens is 6. The van der Waals surface area contributed by atoms with Crippen molar-refractivity contribution in [3.63, 3.8) is 0 Å². The van der Waals surface area contributed by atoms with Crippen LogP contribution in [0.2, 0.25) is 0 Å². The summed E-state index contributed by atoms with van der Waals surface area (Å²) in [6.07, 6.45) is 6.14. The molecular weight excluding hydrogens is 282 g/mol. The number of H-pyrrole nitrogens is 2. The van der Waals surface area contributed by atoms with Gasteiger partial charge in [-0.05, 0) is 12.1 Å². The van der Waals surface area contributed by atoms with Gasteiger partial charge in [-0.1, -0.05) is 6.07 Å². The fourth-order valence-electron chi connectivity index (χ4n) is 2.35. The second kappa shape index (κ2) is 4.99. The normalized spacial score (nSPS) is 11.3. The summed E-state index contributed by atoms with van der Waals surface area (Å²) in [6.45, 7) is 0.618. The van der Waals surface area contributed by atoms with E-state index in [0.717, 1.165) is 17.8 Å². The zero-order valence-corrected chi connectivity index (χ0v) is 11.6. The standard InChI is InChI=1S/C14H13N7O/c22-13-10-7-16-20-12(10)18-14(19-13)15-5-4-9-8-21-6-2-1-3-11(21)17-9/h1-3,6-8H,4-5H2,(H3,15,16,18,19,20,22). The van der Waals surface area contributed by atoms with Gasteiger partial charge in [-0.25, -0.2) is 4.98 Å². The SMILES string of the molecule is O=c1[nH]c(NCCc2cn3ccccc3n2)nc2[nH]ncc12. The number of pyridine rings is 1. The van der Waals surface area contributed by atoms with Gasteiger partial charge in [0.1, 0.15) is 11.0 Å². The molecule has 8 nitrogen and oxygen atoms in total. The Bertz CT molecular complexity index is 964. The van der Waals surface area contributed by atoms with E-state index in [-0.39, 0.29) is 5.56 Å². The lowest BCUT2D eigenvalue weighted by atomic mass is 10.3. The summed E-state index contributed by atoms with van der Waals surface area (Å²) >= 11 is 0. The lowest BCUT2D eigenvalue weighted by molar-refractivity contribution is 0.953. The maximum atomic E-state index is 11.8. The minimum Gasteiger partial charge on any atom is -0.355 e. The summed E-state index contributed by atoms with van der Waals surface area (Å²) in [5.74, 6) is 0.422. The van der Waals surface area contributed by atoms with Gasteiger partial charge in [-0.15, -0.1) is 0 Å². The van der Waals surface area contributed by atoms with Gasteiger partial charge in [-0.3, -0.25) is 14.9 Å². The van der Waals surface area contributed by atoms with Crippen molar-refractivity contribution in [1.82, 2.24) is 29.5 Å². The zero-order valence-electron chi connectivity index (χ0n) is 11.6. The Hall–Kier alpha value is -3.16. The van der Waals surface area contributed by atoms with E-state index in [4.69, 9.17) is 0 Å². The zero-order chi connectivity index (χ0) is 14.9. The summed E-state index contributed by atoms with van der Waals surface area (Å²) in [5.41, 5.74) is 2.15. The van der Waals surface area contributed by atoms with E-state index in [2.05, 4.69) is 30.5 Å². The summed E-state index contributed by atoms with van der Waals surface area (Å²) < 4.78 is 1.98. The summed E-state index contributed by atoms with van der Waals surface area (Å²) in [6, 6.07) is 5.88. The lowest BCUT2D eigenvalue weighted by Gasteiger charge is -2.03. The number of rotatable bonds is 4. The van der Waals surface area contributed by atoms with E-state index in [1.807, 2.05) is 35.0 Å². The Morgan fingerprint density at radius 2 is 2.23 bits per heavy atom. The third-order valence-electron chi connectivity index (χ3n) is 3.41. The van der Waals surface area contributed by atoms with Crippen molar-refractivity contribution in [3.8, 4) is 0 Å². The van der Waals surface area contributed by atoms with Crippen molar-refractivity contribution in [1.29, 1.82) is 0 Å². The van der Waals surface area contributed by atoms with Gasteiger partial charge in [0.15, 0.2) is 5.65 Å². The third-order valence-corrected chi connectivity index (χ3v) is 3.41. The second-order valence-electron chi connectivity index (χ2n) is 4.92. The fraction of sp³-hybridized carbons (Fsp3) is 0.143. The molecule has 0 aromatic carbocycles. The van der Waals surface area contributed by atoms with Crippen molar-refractivity contribution in [2.24, 2.45) is 0 Å². The molecule has 0 spiro atoms. The number of anilines is 1. The van der Waals surface area contributed by atoms with Gasteiger partial charge in [-0.2, -0.15) is 10.1 Å². The maximum absolute atomic E-state index is 11.8. The molecule has 4 aromatic heterocycles. The summed E-state index contributed by atoms with van der Waals surface area (Å²) in [5, 5.41) is 10.0. The van der Waals surface area contributed by atoms with E-state index in [1.54, 1.807) is 0 Å². The number of imidazole rings is 1. The monoisotopic (exact) mass is 295 g/mol. The molecular formula is C14H13N7O. The van der Waals surface area contributed by atoms with Crippen LogP contribution in [0.15, 0.2) is 41.6 Å². The Kier molecular flexibility index (Phi) is 2.85. The number of nitrogens with one attached hydrogen (secondary N) is 3. The minimum absolute atomic E-state index is 0.214. The molecule has 0 fully saturated rings. The molecule has 0 saturated heterocycles. The van der Waals surface area contributed by atoms with Crippen LogP contribution in [-0.4, -0.2) is 36.1 Å². The number of nitrogens with zero attached hydrogens (tertiary/aromatic N) is 4. The highest BCUT2D eigenvalue weighted by atomic mass is 16.1. The molecule has 4 heterocycles. The van der Waals surface area contributed by atoms with Crippen LogP contribution in [-0.2, 0) is 6.42 Å². The predicted octanol–water partition coefficient (Wildman–Crippen LogP) is 0.948. The van der Waals surface area contributed by atoms with E-state index in [0.29, 0.717) is 23.5 Å². The molecule has 0 aliphatic heterocycles. The number of fused-ring (bicyclic) bond motifs is 2. The number of hydrogen-bond acceptors (Lipinski definition) is 5. The maximum Gasteiger partial charge on any atom is 0.263 e. The van der Waals surface area contributed by atoms with Crippen molar-refractivity contribution < 1.29 is 0 Å². The molecule has 4 aromatic rings. The highest BCUT2D eigenvalue weighted by Crippen LogP contribution is 2.06. The van der Waals surface area contributed by atoms with Crippen molar-refractivity contribution in [2.75, 3.05) is 11.9 Å². The van der Waals surface area contributed by atoms with Gasteiger partial charge in [0, 0.05) is 25.4 Å². The van der Waals surface area contributed by atoms with Crippen LogP contribution in [0.1, 0.15) is 5.69 Å². The first-order valence-corrected chi connectivity index (χ1v) is 6.89. The molecule has 0 saturated carbocycles. The van der Waals surface area contributed by atoms with Gasteiger partial charge >= 0.3 is 0 Å². The molecule has 4 rings (SSSR count). The van der Waals surface area contributed by atoms with Crippen molar-refractivity contribution in [2.45, 2.75) is 6.42 Å². The van der Waals surface area contributed by atoms with Gasteiger partial charge in [0.2, 0.25) is 5.95 Å². The quantitative estimate of drug-likeness (QED) is 0.520. The Balaban J connectivity index is 1.48. The second-order valence-corrected chi connectivity index (χ2v) is 4.92. The molecule has 8 heteroatoms. The molecule has 110 valence electrons. The molecule has 0 bridgehead atoms. The molecule has 0 aliphatic rings. The molecule has 0 unspecified atom stereocenters. The average molecular weight is 295 g/mol. The van der Waals surface area contributed by atoms with Gasteiger partial charge in [0.25, 0.3) is 5.56 Å². The topological polar surface area (TPSA) is 104 Å². The molecule has 22 heavy (non-hydrogen) atoms. The molecule has 3 N–H and O–H groups in total. The first-order valence-electron chi connectivity index (χ1n) is 6.89. The largest absolute Gasteiger partial charge is 0.355 e. The van der Waals surface area contributed by atoms with Crippen LogP contribution < -0.4 is 10.9 Å². The van der Waals surface area contributed by atoms with E-state index >= 15 is 0 Å². The van der Waals surface area contributed by atoms with Gasteiger partial charge in [0.05, 0.1) is 11.9 Å². The predicted molar refractivity (Wildman–Crippen MR) is 81.9 cm³/mol. The fourth-order valence-corrected chi connectivity index (χ4v) is 2.35. The van der Waals surface area contributed by atoms with Crippen LogP contribution in [0.4, 0.5) is 5.95 Å². The molecule has 0 amide bonds. The van der Waals surface area contributed by atoms with Crippen LogP contribution in [0.25, 0.3) is 16.7 Å². The highest BCUT2D eigenvalue weighted by molar-refractivity contribution is 5.73. The average Bonchev–Trinajstić information content (AvgIpc) is 3.13. The van der Waals surface area contributed by atoms with Crippen LogP contribution in [0.3, 0.4) is 0 Å². The van der Waals surface area contributed by atoms with Crippen molar-refractivity contribution >= 4 is 22.6 Å². The van der Waals surface area contributed by atoms with Gasteiger partial charge < -0.3 is 9.72 Å². The molecule has 0 radical (unpaired) electrons. The van der Waals surface area contributed by atoms with Crippen LogP contribution >= 0.6 is 0 Å². The van der Waals surface area contributed by atoms with Crippen LogP contribution in [0, 0.1) is 0 Å². The van der Waals surface area contributed by atoms with E-state index in [1.165, 1.54) is 6.20 Å². The number of hydrogen-bond donors (Lipinski definition) is 3. The Labute approximate surface area is 124 Å². The van der Waals surface area contributed by atoms with E-state index < -0.39 is 0 Å².